The molecule has 1 N–H and O–H groups in total. The smallest absolute Gasteiger partial charge is 0.257 e. The highest BCUT2D eigenvalue weighted by atomic mass is 32.1. The SMILES string of the molecule is Cc1cc(CN2CCCC2c2csc(NC(=O)c3ccc(C(C)(C)C)cc3)n2)no1. The van der Waals surface area contributed by atoms with Gasteiger partial charge in [-0.2, -0.15) is 0 Å². The summed E-state index contributed by atoms with van der Waals surface area (Å²) in [5.74, 6) is 0.702. The van der Waals surface area contributed by atoms with E-state index in [0.29, 0.717) is 10.7 Å². The van der Waals surface area contributed by atoms with Crippen LogP contribution in [0.4, 0.5) is 5.13 Å². The van der Waals surface area contributed by atoms with Gasteiger partial charge >= 0.3 is 0 Å². The molecule has 0 radical (unpaired) electrons. The quantitative estimate of drug-likeness (QED) is 0.600. The van der Waals surface area contributed by atoms with E-state index in [1.165, 1.54) is 16.9 Å². The van der Waals surface area contributed by atoms with E-state index < -0.39 is 0 Å². The summed E-state index contributed by atoms with van der Waals surface area (Å²) in [5.41, 5.74) is 3.87. The van der Waals surface area contributed by atoms with Gasteiger partial charge in [0.25, 0.3) is 5.91 Å². The summed E-state index contributed by atoms with van der Waals surface area (Å²) in [6.07, 6.45) is 2.18. The zero-order chi connectivity index (χ0) is 21.3. The van der Waals surface area contributed by atoms with E-state index in [-0.39, 0.29) is 17.4 Å². The molecule has 1 fully saturated rings. The first-order valence-electron chi connectivity index (χ1n) is 10.3. The molecule has 0 spiro atoms. The van der Waals surface area contributed by atoms with E-state index in [0.717, 1.165) is 43.1 Å². The van der Waals surface area contributed by atoms with Crippen molar-refractivity contribution < 1.29 is 9.32 Å². The number of hydrogen-bond acceptors (Lipinski definition) is 6. The van der Waals surface area contributed by atoms with Crippen LogP contribution in [0, 0.1) is 6.92 Å². The van der Waals surface area contributed by atoms with Crippen molar-refractivity contribution in [2.45, 2.75) is 58.5 Å². The molecule has 1 unspecified atom stereocenters. The summed E-state index contributed by atoms with van der Waals surface area (Å²) in [5, 5.41) is 9.75. The Labute approximate surface area is 181 Å². The van der Waals surface area contributed by atoms with E-state index in [2.05, 4.69) is 41.5 Å². The van der Waals surface area contributed by atoms with Crippen LogP contribution in [0.25, 0.3) is 0 Å². The van der Waals surface area contributed by atoms with Gasteiger partial charge in [-0.3, -0.25) is 15.0 Å². The molecule has 2 aromatic heterocycles. The Morgan fingerprint density at radius 3 is 2.73 bits per heavy atom. The Bertz CT molecular complexity index is 1020. The third kappa shape index (κ3) is 4.63. The van der Waals surface area contributed by atoms with Crippen molar-refractivity contribution >= 4 is 22.4 Å². The van der Waals surface area contributed by atoms with E-state index in [1.807, 2.05) is 37.3 Å². The first-order chi connectivity index (χ1) is 14.3. The maximum absolute atomic E-state index is 12.6. The number of thiazole rings is 1. The number of hydrogen-bond donors (Lipinski definition) is 1. The molecule has 1 saturated heterocycles. The monoisotopic (exact) mass is 424 g/mol. The summed E-state index contributed by atoms with van der Waals surface area (Å²) in [6.45, 7) is 10.2. The highest BCUT2D eigenvalue weighted by Gasteiger charge is 2.29. The summed E-state index contributed by atoms with van der Waals surface area (Å²) >= 11 is 1.48. The van der Waals surface area contributed by atoms with Crippen LogP contribution in [0.5, 0.6) is 0 Å². The summed E-state index contributed by atoms with van der Waals surface area (Å²) < 4.78 is 5.19. The topological polar surface area (TPSA) is 71.3 Å². The zero-order valence-corrected chi connectivity index (χ0v) is 18.8. The Balaban J connectivity index is 1.41. The van der Waals surface area contributed by atoms with Gasteiger partial charge in [0.15, 0.2) is 5.13 Å². The molecule has 158 valence electrons. The number of likely N-dealkylation sites (tertiary alicyclic amines) is 1. The van der Waals surface area contributed by atoms with Crippen molar-refractivity contribution in [3.05, 3.63) is 64.0 Å². The molecule has 0 bridgehead atoms. The zero-order valence-electron chi connectivity index (χ0n) is 17.9. The predicted molar refractivity (Wildman–Crippen MR) is 119 cm³/mol. The lowest BCUT2D eigenvalue weighted by Gasteiger charge is -2.21. The molecule has 30 heavy (non-hydrogen) atoms. The third-order valence-electron chi connectivity index (χ3n) is 5.50. The number of carbonyl (C=O) groups excluding carboxylic acids is 1. The van der Waals surface area contributed by atoms with Crippen molar-refractivity contribution in [1.29, 1.82) is 0 Å². The van der Waals surface area contributed by atoms with Crippen LogP contribution in [0.3, 0.4) is 0 Å². The molecule has 1 aliphatic rings. The molecule has 1 aliphatic heterocycles. The average Bonchev–Trinajstić information content (AvgIpc) is 3.43. The van der Waals surface area contributed by atoms with E-state index in [9.17, 15) is 4.79 Å². The third-order valence-corrected chi connectivity index (χ3v) is 6.28. The largest absolute Gasteiger partial charge is 0.361 e. The molecule has 7 heteroatoms. The predicted octanol–water partition coefficient (Wildman–Crippen LogP) is 5.33. The summed E-state index contributed by atoms with van der Waals surface area (Å²) in [4.78, 5) is 19.7. The first kappa shape index (κ1) is 20.8. The van der Waals surface area contributed by atoms with Gasteiger partial charge in [0.2, 0.25) is 0 Å². The Morgan fingerprint density at radius 2 is 2.07 bits per heavy atom. The number of anilines is 1. The number of aromatic nitrogens is 2. The number of nitrogens with one attached hydrogen (secondary N) is 1. The minimum absolute atomic E-state index is 0.0665. The lowest BCUT2D eigenvalue weighted by atomic mass is 9.87. The fourth-order valence-corrected chi connectivity index (χ4v) is 4.59. The van der Waals surface area contributed by atoms with Crippen LogP contribution < -0.4 is 5.32 Å². The second kappa shape index (κ2) is 8.32. The molecule has 6 nitrogen and oxygen atoms in total. The van der Waals surface area contributed by atoms with Crippen molar-refractivity contribution in [3.63, 3.8) is 0 Å². The first-order valence-corrected chi connectivity index (χ1v) is 11.2. The van der Waals surface area contributed by atoms with Gasteiger partial charge in [-0.1, -0.05) is 38.1 Å². The molecule has 0 saturated carbocycles. The normalized spacial score (nSPS) is 17.4. The van der Waals surface area contributed by atoms with Crippen molar-refractivity contribution in [2.75, 3.05) is 11.9 Å². The van der Waals surface area contributed by atoms with Gasteiger partial charge in [-0.25, -0.2) is 4.98 Å². The maximum Gasteiger partial charge on any atom is 0.257 e. The summed E-state index contributed by atoms with van der Waals surface area (Å²) in [7, 11) is 0. The van der Waals surface area contributed by atoms with Crippen LogP contribution in [-0.4, -0.2) is 27.5 Å². The standard InChI is InChI=1S/C23H28N4O2S/c1-15-12-18(26-29-15)13-27-11-5-6-20(27)19-14-30-22(24-19)25-21(28)16-7-9-17(10-8-16)23(2,3)4/h7-10,12,14,20H,5-6,11,13H2,1-4H3,(H,24,25,28). The van der Waals surface area contributed by atoms with Crippen LogP contribution in [0.15, 0.2) is 40.2 Å². The van der Waals surface area contributed by atoms with Crippen molar-refractivity contribution in [1.82, 2.24) is 15.0 Å². The van der Waals surface area contributed by atoms with E-state index in [1.54, 1.807) is 0 Å². The number of carbonyl (C=O) groups is 1. The lowest BCUT2D eigenvalue weighted by Crippen LogP contribution is -2.23. The Hall–Kier alpha value is -2.51. The van der Waals surface area contributed by atoms with Gasteiger partial charge in [-0.05, 0) is 49.4 Å². The van der Waals surface area contributed by atoms with Gasteiger partial charge in [0.1, 0.15) is 5.76 Å². The molecular weight excluding hydrogens is 396 g/mol. The number of amides is 1. The average molecular weight is 425 g/mol. The molecule has 1 atom stereocenters. The molecule has 4 rings (SSSR count). The number of nitrogens with zero attached hydrogens (tertiary/aromatic N) is 3. The molecule has 3 heterocycles. The molecule has 1 amide bonds. The number of rotatable bonds is 5. The van der Waals surface area contributed by atoms with Gasteiger partial charge in [0, 0.05) is 23.6 Å². The van der Waals surface area contributed by atoms with Gasteiger partial charge in [-0.15, -0.1) is 11.3 Å². The Kier molecular flexibility index (Phi) is 5.75. The van der Waals surface area contributed by atoms with Crippen LogP contribution in [-0.2, 0) is 12.0 Å². The summed E-state index contributed by atoms with van der Waals surface area (Å²) in [6, 6.07) is 10.0. The lowest BCUT2D eigenvalue weighted by molar-refractivity contribution is 0.102. The second-order valence-corrected chi connectivity index (χ2v) is 9.77. The minimum atomic E-state index is -0.127. The fourth-order valence-electron chi connectivity index (χ4n) is 3.84. The van der Waals surface area contributed by atoms with E-state index in [4.69, 9.17) is 9.51 Å². The van der Waals surface area contributed by atoms with Crippen LogP contribution in [0.2, 0.25) is 0 Å². The maximum atomic E-state index is 12.6. The van der Waals surface area contributed by atoms with Gasteiger partial charge in [0.05, 0.1) is 17.4 Å². The van der Waals surface area contributed by atoms with Crippen LogP contribution >= 0.6 is 11.3 Å². The second-order valence-electron chi connectivity index (χ2n) is 8.92. The molecular formula is C23H28N4O2S. The van der Waals surface area contributed by atoms with Crippen molar-refractivity contribution in [3.8, 4) is 0 Å². The molecule has 0 aliphatic carbocycles. The minimum Gasteiger partial charge on any atom is -0.361 e. The molecule has 1 aromatic carbocycles. The van der Waals surface area contributed by atoms with Crippen LogP contribution in [0.1, 0.15) is 72.7 Å². The van der Waals surface area contributed by atoms with E-state index >= 15 is 0 Å². The molecule has 3 aromatic rings. The Morgan fingerprint density at radius 1 is 1.30 bits per heavy atom. The van der Waals surface area contributed by atoms with Gasteiger partial charge < -0.3 is 4.52 Å². The fraction of sp³-hybridized carbons (Fsp3) is 0.435. The van der Waals surface area contributed by atoms with Crippen molar-refractivity contribution in [2.24, 2.45) is 0 Å². The number of benzene rings is 1. The number of aryl methyl sites for hydroxylation is 1. The highest BCUT2D eigenvalue weighted by molar-refractivity contribution is 7.14. The highest BCUT2D eigenvalue weighted by Crippen LogP contribution is 2.34.